The third-order valence-electron chi connectivity index (χ3n) is 9.63. The molecule has 5 nitrogen and oxygen atoms in total. The van der Waals surface area contributed by atoms with Crippen molar-refractivity contribution < 1.29 is 14.3 Å². The number of unbranched alkanes of at least 4 members (excludes halogenated alkanes) is 1. The van der Waals surface area contributed by atoms with Gasteiger partial charge in [0, 0.05) is 18.5 Å². The summed E-state index contributed by atoms with van der Waals surface area (Å²) in [6.07, 6.45) is 9.03. The van der Waals surface area contributed by atoms with Crippen LogP contribution < -0.4 is 15.4 Å². The van der Waals surface area contributed by atoms with Gasteiger partial charge in [-0.05, 0) is 85.8 Å². The standard InChI is InChI=1S/C29H42N2O3/c1-4-6-16-30-28(32)26-25-21-14-15-23(34-19-12-10-18(11-13-19)17(3)5-2)20-8-7-9-22(24(20)21)27(25)31-29(26)33/h10-13,17,20-27H,4-9,14-16H2,1-3H3,(H,30,32)(H,31,33). The first-order valence-electron chi connectivity index (χ1n) is 13.9. The van der Waals surface area contributed by atoms with Crippen molar-refractivity contribution in [2.45, 2.75) is 90.2 Å². The van der Waals surface area contributed by atoms with Crippen molar-refractivity contribution in [3.63, 3.8) is 0 Å². The van der Waals surface area contributed by atoms with Crippen LogP contribution in [0.3, 0.4) is 0 Å². The first-order chi connectivity index (χ1) is 16.5. The third-order valence-corrected chi connectivity index (χ3v) is 9.63. The molecule has 2 amide bonds. The fraction of sp³-hybridized carbons (Fsp3) is 0.724. The van der Waals surface area contributed by atoms with Crippen LogP contribution in [0.1, 0.15) is 83.6 Å². The van der Waals surface area contributed by atoms with E-state index in [0.717, 1.165) is 37.9 Å². The van der Waals surface area contributed by atoms with Gasteiger partial charge in [0.1, 0.15) is 17.8 Å². The number of hydrogen-bond acceptors (Lipinski definition) is 3. The maximum absolute atomic E-state index is 13.0. The van der Waals surface area contributed by atoms with Crippen molar-refractivity contribution in [1.82, 2.24) is 10.6 Å². The summed E-state index contributed by atoms with van der Waals surface area (Å²) in [7, 11) is 0. The van der Waals surface area contributed by atoms with E-state index in [1.807, 2.05) is 0 Å². The lowest BCUT2D eigenvalue weighted by Crippen LogP contribution is -2.47. The summed E-state index contributed by atoms with van der Waals surface area (Å²) in [5, 5.41) is 6.35. The summed E-state index contributed by atoms with van der Waals surface area (Å²) in [6, 6.07) is 8.90. The molecular weight excluding hydrogens is 424 g/mol. The minimum Gasteiger partial charge on any atom is -0.490 e. The molecule has 1 aliphatic heterocycles. The van der Waals surface area contributed by atoms with E-state index in [2.05, 4.69) is 55.7 Å². The lowest BCUT2D eigenvalue weighted by molar-refractivity contribution is -0.135. The number of rotatable bonds is 8. The van der Waals surface area contributed by atoms with Crippen molar-refractivity contribution >= 4 is 11.8 Å². The molecule has 1 aromatic carbocycles. The number of benzene rings is 1. The molecule has 4 fully saturated rings. The Balaban J connectivity index is 1.31. The van der Waals surface area contributed by atoms with Gasteiger partial charge in [-0.3, -0.25) is 9.59 Å². The largest absolute Gasteiger partial charge is 0.490 e. The summed E-state index contributed by atoms with van der Waals surface area (Å²) < 4.78 is 6.63. The van der Waals surface area contributed by atoms with Gasteiger partial charge in [-0.25, -0.2) is 0 Å². The number of nitrogens with one attached hydrogen (secondary N) is 2. The zero-order chi connectivity index (χ0) is 23.8. The molecule has 0 spiro atoms. The second-order valence-corrected chi connectivity index (χ2v) is 11.3. The first kappa shape index (κ1) is 23.7. The molecule has 1 saturated heterocycles. The van der Waals surface area contributed by atoms with E-state index in [1.54, 1.807) is 0 Å². The second kappa shape index (κ2) is 9.91. The molecule has 3 aliphatic carbocycles. The van der Waals surface area contributed by atoms with E-state index >= 15 is 0 Å². The van der Waals surface area contributed by atoms with Crippen molar-refractivity contribution in [2.24, 2.45) is 35.5 Å². The van der Waals surface area contributed by atoms with Crippen LogP contribution in [0.2, 0.25) is 0 Å². The molecule has 1 aromatic rings. The predicted molar refractivity (Wildman–Crippen MR) is 133 cm³/mol. The van der Waals surface area contributed by atoms with Crippen molar-refractivity contribution in [3.8, 4) is 5.75 Å². The molecule has 0 radical (unpaired) electrons. The maximum Gasteiger partial charge on any atom is 0.233 e. The van der Waals surface area contributed by atoms with E-state index < -0.39 is 5.92 Å². The van der Waals surface area contributed by atoms with Crippen molar-refractivity contribution in [2.75, 3.05) is 6.54 Å². The van der Waals surface area contributed by atoms with E-state index in [9.17, 15) is 9.59 Å². The van der Waals surface area contributed by atoms with Gasteiger partial charge in [0.15, 0.2) is 0 Å². The highest BCUT2D eigenvalue weighted by Gasteiger charge is 2.64. The SMILES string of the molecule is CCCCNC(=O)C1C(=O)NC2C3CCCC4C(Oc5ccc(C(C)CC)cc5)CCC(C43)C12. The Morgan fingerprint density at radius 3 is 2.56 bits per heavy atom. The molecule has 186 valence electrons. The molecule has 0 bridgehead atoms. The smallest absolute Gasteiger partial charge is 0.233 e. The van der Waals surface area contributed by atoms with Gasteiger partial charge in [0.25, 0.3) is 0 Å². The van der Waals surface area contributed by atoms with Crippen LogP contribution >= 0.6 is 0 Å². The van der Waals surface area contributed by atoms with Gasteiger partial charge in [0.2, 0.25) is 11.8 Å². The van der Waals surface area contributed by atoms with Crippen LogP contribution in [0.25, 0.3) is 0 Å². The minimum atomic E-state index is -0.510. The Kier molecular flexibility index (Phi) is 6.90. The van der Waals surface area contributed by atoms with E-state index in [4.69, 9.17) is 4.74 Å². The van der Waals surface area contributed by atoms with Gasteiger partial charge < -0.3 is 15.4 Å². The number of carbonyl (C=O) groups is 2. The molecule has 2 N–H and O–H groups in total. The normalized spacial score (nSPS) is 36.9. The van der Waals surface area contributed by atoms with Crippen LogP contribution in [0.4, 0.5) is 0 Å². The Hall–Kier alpha value is -2.04. The first-order valence-corrected chi connectivity index (χ1v) is 13.9. The molecule has 3 saturated carbocycles. The Bertz CT molecular complexity index is 884. The van der Waals surface area contributed by atoms with Crippen LogP contribution in [0.15, 0.2) is 24.3 Å². The van der Waals surface area contributed by atoms with Crippen molar-refractivity contribution in [3.05, 3.63) is 29.8 Å². The summed E-state index contributed by atoms with van der Waals surface area (Å²) in [5.41, 5.74) is 1.37. The molecule has 4 aliphatic rings. The number of carbonyl (C=O) groups excluding carboxylic acids is 2. The number of hydrogen-bond donors (Lipinski definition) is 2. The van der Waals surface area contributed by atoms with Crippen molar-refractivity contribution in [1.29, 1.82) is 0 Å². The molecule has 9 atom stereocenters. The third kappa shape index (κ3) is 4.13. The highest BCUT2D eigenvalue weighted by atomic mass is 16.5. The zero-order valence-electron chi connectivity index (χ0n) is 21.1. The zero-order valence-corrected chi connectivity index (χ0v) is 21.1. The van der Waals surface area contributed by atoms with Gasteiger partial charge in [0.05, 0.1) is 0 Å². The summed E-state index contributed by atoms with van der Waals surface area (Å²) >= 11 is 0. The molecule has 1 heterocycles. The maximum atomic E-state index is 13.0. The number of fused-ring (bicyclic) bond motifs is 3. The van der Waals surface area contributed by atoms with Crippen LogP contribution in [0.5, 0.6) is 5.75 Å². The van der Waals surface area contributed by atoms with Crippen LogP contribution in [-0.4, -0.2) is 30.5 Å². The molecule has 5 rings (SSSR count). The van der Waals surface area contributed by atoms with Gasteiger partial charge in [-0.1, -0.05) is 45.7 Å². The fourth-order valence-corrected chi connectivity index (χ4v) is 7.85. The van der Waals surface area contributed by atoms with Crippen LogP contribution in [0, 0.1) is 35.5 Å². The van der Waals surface area contributed by atoms with E-state index in [0.29, 0.717) is 36.1 Å². The molecular formula is C29H42N2O3. The van der Waals surface area contributed by atoms with Crippen LogP contribution in [-0.2, 0) is 9.59 Å². The van der Waals surface area contributed by atoms with E-state index in [-0.39, 0.29) is 29.9 Å². The average molecular weight is 467 g/mol. The predicted octanol–water partition coefficient (Wildman–Crippen LogP) is 5.05. The lowest BCUT2D eigenvalue weighted by atomic mass is 9.62. The number of ether oxygens (including phenoxy) is 1. The lowest BCUT2D eigenvalue weighted by Gasteiger charge is -2.46. The topological polar surface area (TPSA) is 67.4 Å². The summed E-state index contributed by atoms with van der Waals surface area (Å²) in [5.74, 6) is 3.15. The summed E-state index contributed by atoms with van der Waals surface area (Å²) in [4.78, 5) is 25.9. The molecule has 34 heavy (non-hydrogen) atoms. The average Bonchev–Trinajstić information content (AvgIpc) is 3.35. The molecule has 0 aromatic heterocycles. The second-order valence-electron chi connectivity index (χ2n) is 11.3. The Morgan fingerprint density at radius 2 is 1.82 bits per heavy atom. The summed E-state index contributed by atoms with van der Waals surface area (Å²) in [6.45, 7) is 7.29. The Morgan fingerprint density at radius 1 is 1.06 bits per heavy atom. The highest BCUT2D eigenvalue weighted by Crippen LogP contribution is 2.60. The highest BCUT2D eigenvalue weighted by molar-refractivity contribution is 6.02. The minimum absolute atomic E-state index is 0.0376. The van der Waals surface area contributed by atoms with Gasteiger partial charge in [-0.15, -0.1) is 0 Å². The van der Waals surface area contributed by atoms with Gasteiger partial charge >= 0.3 is 0 Å². The quantitative estimate of drug-likeness (QED) is 0.416. The van der Waals surface area contributed by atoms with Gasteiger partial charge in [-0.2, -0.15) is 0 Å². The fourth-order valence-electron chi connectivity index (χ4n) is 7.85. The Labute approximate surface area is 204 Å². The van der Waals surface area contributed by atoms with E-state index in [1.165, 1.54) is 24.8 Å². The molecule has 9 unspecified atom stereocenters. The number of amides is 2. The molecule has 5 heteroatoms. The monoisotopic (exact) mass is 466 g/mol.